The van der Waals surface area contributed by atoms with Gasteiger partial charge in [-0.1, -0.05) is 29.8 Å². The Morgan fingerprint density at radius 1 is 1.35 bits per heavy atom. The van der Waals surface area contributed by atoms with E-state index in [1.54, 1.807) is 4.90 Å². The zero-order chi connectivity index (χ0) is 22.8. The number of aromatic nitrogens is 2. The van der Waals surface area contributed by atoms with Crippen LogP contribution in [-0.4, -0.2) is 51.2 Å². The number of nitrogens with two attached hydrogens (primary N) is 1. The molecule has 1 amide bonds. The number of hydrogen-bond donors (Lipinski definition) is 3. The average molecular weight is 443 g/mol. The SMILES string of the molecule is Cc1ccc(C(=P)c2c(N)n[nH]c(=O)c2NCC2CCCN2C(=O)OC(C)(C)C)cc1. The highest BCUT2D eigenvalue weighted by Crippen LogP contribution is 2.25. The molecular weight excluding hydrogens is 413 g/mol. The Morgan fingerprint density at radius 3 is 2.68 bits per heavy atom. The summed E-state index contributed by atoms with van der Waals surface area (Å²) in [6.45, 7) is 8.56. The molecule has 1 unspecified atom stereocenters. The maximum absolute atomic E-state index is 12.6. The molecule has 31 heavy (non-hydrogen) atoms. The number of amides is 1. The summed E-state index contributed by atoms with van der Waals surface area (Å²) in [6, 6.07) is 7.77. The van der Waals surface area contributed by atoms with Gasteiger partial charge >= 0.3 is 6.09 Å². The lowest BCUT2D eigenvalue weighted by Gasteiger charge is -2.29. The van der Waals surface area contributed by atoms with E-state index in [-0.39, 0.29) is 23.5 Å². The summed E-state index contributed by atoms with van der Waals surface area (Å²) in [5.74, 6) is 0.197. The molecular formula is C22H30N5O3P. The van der Waals surface area contributed by atoms with E-state index in [4.69, 9.17) is 10.5 Å². The van der Waals surface area contributed by atoms with Crippen LogP contribution in [0.3, 0.4) is 0 Å². The van der Waals surface area contributed by atoms with Crippen molar-refractivity contribution in [1.29, 1.82) is 0 Å². The fourth-order valence-electron chi connectivity index (χ4n) is 3.58. The largest absolute Gasteiger partial charge is 0.444 e. The number of carbonyl (C=O) groups is 1. The zero-order valence-electron chi connectivity index (χ0n) is 18.4. The van der Waals surface area contributed by atoms with Gasteiger partial charge in [0.05, 0.1) is 11.6 Å². The van der Waals surface area contributed by atoms with Crippen molar-refractivity contribution in [3.8, 4) is 0 Å². The van der Waals surface area contributed by atoms with Gasteiger partial charge in [-0.3, -0.25) is 4.79 Å². The number of nitrogens with zero attached hydrogens (tertiary/aromatic N) is 2. The summed E-state index contributed by atoms with van der Waals surface area (Å²) < 4.78 is 5.53. The van der Waals surface area contributed by atoms with Gasteiger partial charge in [0.15, 0.2) is 5.82 Å². The number of H-pyrrole nitrogens is 1. The van der Waals surface area contributed by atoms with Gasteiger partial charge in [-0.15, -0.1) is 8.86 Å². The number of aryl methyl sites for hydroxylation is 1. The third-order valence-electron chi connectivity index (χ3n) is 5.12. The van der Waals surface area contributed by atoms with E-state index in [0.29, 0.717) is 29.6 Å². The maximum atomic E-state index is 12.6. The minimum atomic E-state index is -0.560. The van der Waals surface area contributed by atoms with Crippen LogP contribution in [0.15, 0.2) is 29.1 Å². The van der Waals surface area contributed by atoms with Crippen molar-refractivity contribution in [2.45, 2.75) is 52.2 Å². The normalized spacial score (nSPS) is 16.3. The summed E-state index contributed by atoms with van der Waals surface area (Å²) in [4.78, 5) is 26.9. The molecule has 0 saturated carbocycles. The second-order valence-corrected chi connectivity index (χ2v) is 9.28. The van der Waals surface area contributed by atoms with E-state index >= 15 is 0 Å². The number of carbonyl (C=O) groups excluding carboxylic acids is 1. The van der Waals surface area contributed by atoms with Crippen LogP contribution >= 0.6 is 8.86 Å². The Morgan fingerprint density at radius 2 is 2.03 bits per heavy atom. The number of hydrogen-bond acceptors (Lipinski definition) is 6. The molecule has 0 aliphatic carbocycles. The highest BCUT2D eigenvalue weighted by molar-refractivity contribution is 7.23. The van der Waals surface area contributed by atoms with E-state index in [0.717, 1.165) is 24.0 Å². The van der Waals surface area contributed by atoms with Gasteiger partial charge in [-0.2, -0.15) is 5.10 Å². The minimum absolute atomic E-state index is 0.0889. The van der Waals surface area contributed by atoms with Crippen LogP contribution in [-0.2, 0) is 4.74 Å². The summed E-state index contributed by atoms with van der Waals surface area (Å²) in [7, 11) is 3.66. The average Bonchev–Trinajstić information content (AvgIpc) is 3.16. The summed E-state index contributed by atoms with van der Waals surface area (Å²) >= 11 is 0. The monoisotopic (exact) mass is 443 g/mol. The molecule has 9 heteroatoms. The van der Waals surface area contributed by atoms with Crippen LogP contribution < -0.4 is 16.6 Å². The molecule has 1 fully saturated rings. The first-order valence-electron chi connectivity index (χ1n) is 10.3. The Balaban J connectivity index is 1.83. The molecule has 3 rings (SSSR count). The minimum Gasteiger partial charge on any atom is -0.444 e. The molecule has 1 aromatic carbocycles. The van der Waals surface area contributed by atoms with Gasteiger partial charge in [-0.05, 0) is 46.1 Å². The molecule has 1 aliphatic heterocycles. The summed E-state index contributed by atoms with van der Waals surface area (Å²) in [6.07, 6.45) is 1.36. The second-order valence-electron chi connectivity index (χ2n) is 8.78. The van der Waals surface area contributed by atoms with Gasteiger partial charge in [0.1, 0.15) is 11.3 Å². The van der Waals surface area contributed by atoms with E-state index in [9.17, 15) is 9.59 Å². The number of rotatable bonds is 5. The van der Waals surface area contributed by atoms with Crippen LogP contribution in [0.1, 0.15) is 50.3 Å². The fourth-order valence-corrected chi connectivity index (χ4v) is 4.00. The molecule has 1 saturated heterocycles. The molecule has 166 valence electrons. The summed E-state index contributed by atoms with van der Waals surface area (Å²) in [5, 5.41) is 10.2. The first-order valence-corrected chi connectivity index (χ1v) is 10.8. The van der Waals surface area contributed by atoms with Gasteiger partial charge in [-0.25, -0.2) is 9.89 Å². The highest BCUT2D eigenvalue weighted by atomic mass is 31.0. The van der Waals surface area contributed by atoms with Crippen LogP contribution in [0, 0.1) is 6.92 Å². The number of aromatic amines is 1. The number of benzene rings is 1. The predicted molar refractivity (Wildman–Crippen MR) is 126 cm³/mol. The lowest BCUT2D eigenvalue weighted by molar-refractivity contribution is 0.0235. The quantitative estimate of drug-likeness (QED) is 0.612. The Bertz CT molecular complexity index is 1030. The van der Waals surface area contributed by atoms with Gasteiger partial charge in [0.2, 0.25) is 0 Å². The number of anilines is 2. The molecule has 8 nitrogen and oxygen atoms in total. The number of nitrogens with one attached hydrogen (secondary N) is 2. The fraction of sp³-hybridized carbons (Fsp3) is 0.455. The smallest absolute Gasteiger partial charge is 0.410 e. The number of likely N-dealkylation sites (tertiary alicyclic amines) is 1. The van der Waals surface area contributed by atoms with Crippen molar-refractivity contribution in [2.24, 2.45) is 0 Å². The van der Waals surface area contributed by atoms with Crippen LogP contribution in [0.25, 0.3) is 0 Å². The molecule has 2 heterocycles. The van der Waals surface area contributed by atoms with Crippen molar-refractivity contribution in [2.75, 3.05) is 24.1 Å². The molecule has 2 aromatic rings. The van der Waals surface area contributed by atoms with Gasteiger partial charge in [0, 0.05) is 18.4 Å². The highest BCUT2D eigenvalue weighted by Gasteiger charge is 2.32. The van der Waals surface area contributed by atoms with Gasteiger partial charge < -0.3 is 20.7 Å². The molecule has 1 aliphatic rings. The number of ether oxygens (including phenoxy) is 1. The topological polar surface area (TPSA) is 113 Å². The molecule has 1 aromatic heterocycles. The lowest BCUT2D eigenvalue weighted by atomic mass is 10.0. The Labute approximate surface area is 184 Å². The van der Waals surface area contributed by atoms with Crippen LogP contribution in [0.5, 0.6) is 0 Å². The molecule has 0 radical (unpaired) electrons. The van der Waals surface area contributed by atoms with Gasteiger partial charge in [0.25, 0.3) is 5.56 Å². The van der Waals surface area contributed by atoms with Crippen molar-refractivity contribution in [3.63, 3.8) is 0 Å². The first-order chi connectivity index (χ1) is 14.6. The van der Waals surface area contributed by atoms with Crippen molar-refractivity contribution in [1.82, 2.24) is 15.1 Å². The lowest BCUT2D eigenvalue weighted by Crippen LogP contribution is -2.43. The van der Waals surface area contributed by atoms with Crippen LogP contribution in [0.4, 0.5) is 16.3 Å². The third kappa shape index (κ3) is 5.44. The second kappa shape index (κ2) is 9.10. The van der Waals surface area contributed by atoms with Crippen molar-refractivity contribution in [3.05, 3.63) is 51.3 Å². The van der Waals surface area contributed by atoms with E-state index in [1.807, 2.05) is 52.0 Å². The molecule has 1 atom stereocenters. The maximum Gasteiger partial charge on any atom is 0.410 e. The van der Waals surface area contributed by atoms with E-state index in [1.165, 1.54) is 0 Å². The predicted octanol–water partition coefficient (Wildman–Crippen LogP) is 3.18. The summed E-state index contributed by atoms with van der Waals surface area (Å²) in [5.41, 5.74) is 8.00. The molecule has 4 N–H and O–H groups in total. The Kier molecular flexibility index (Phi) is 6.70. The molecule has 0 spiro atoms. The third-order valence-corrected chi connectivity index (χ3v) is 5.66. The van der Waals surface area contributed by atoms with Crippen molar-refractivity contribution < 1.29 is 9.53 Å². The van der Waals surface area contributed by atoms with E-state index in [2.05, 4.69) is 24.4 Å². The zero-order valence-corrected chi connectivity index (χ0v) is 19.4. The van der Waals surface area contributed by atoms with E-state index < -0.39 is 5.60 Å². The van der Waals surface area contributed by atoms with Crippen LogP contribution in [0.2, 0.25) is 0 Å². The molecule has 0 bridgehead atoms. The first kappa shape index (κ1) is 22.8. The Hall–Kier alpha value is -2.86. The van der Waals surface area contributed by atoms with Crippen molar-refractivity contribution >= 4 is 31.8 Å². The number of nitrogen functional groups attached to an aromatic ring is 1. The standard InChI is InChI=1S/C22H30N5O3P/c1-13-7-9-14(10-8-13)18(31)16-17(20(28)26-25-19(16)23)24-12-15-6-5-11-27(15)21(29)30-22(2,3)4/h7-10,15,31H,5-6,11-12H2,1-4H3,(H,26,28)(H3,23,24,25).